The largest absolute Gasteiger partial charge is 0.496 e. The van der Waals surface area contributed by atoms with Crippen molar-refractivity contribution >= 4 is 23.2 Å². The van der Waals surface area contributed by atoms with Gasteiger partial charge in [-0.25, -0.2) is 0 Å². The molecule has 0 spiro atoms. The van der Waals surface area contributed by atoms with E-state index < -0.39 is 0 Å². The average molecular weight is 558 g/mol. The monoisotopic (exact) mass is 557 g/mol. The van der Waals surface area contributed by atoms with Crippen molar-refractivity contribution < 1.29 is 14.3 Å². The van der Waals surface area contributed by atoms with Crippen LogP contribution in [0.1, 0.15) is 79.8 Å². The Morgan fingerprint density at radius 1 is 0.878 bits per heavy atom. The number of ether oxygens (including phenoxy) is 1. The van der Waals surface area contributed by atoms with Crippen LogP contribution in [0.5, 0.6) is 5.75 Å². The van der Waals surface area contributed by atoms with Crippen LogP contribution < -0.4 is 14.5 Å². The fourth-order valence-electron chi connectivity index (χ4n) is 6.06. The van der Waals surface area contributed by atoms with Crippen LogP contribution in [-0.4, -0.2) is 59.8 Å². The van der Waals surface area contributed by atoms with E-state index in [1.807, 2.05) is 38.9 Å². The molecule has 2 aliphatic heterocycles. The Balaban J connectivity index is 1.50. The third-order valence-electron chi connectivity index (χ3n) is 8.32. The van der Waals surface area contributed by atoms with E-state index >= 15 is 0 Å². The van der Waals surface area contributed by atoms with Gasteiger partial charge in [0.25, 0.3) is 5.91 Å². The molecule has 3 heterocycles. The molecular formula is C33H43N5O3. The van der Waals surface area contributed by atoms with Crippen LogP contribution in [0.25, 0.3) is 0 Å². The molecular weight excluding hydrogens is 514 g/mol. The lowest BCUT2D eigenvalue weighted by atomic mass is 10.0. The number of carbonyl (C=O) groups excluding carboxylic acids is 2. The number of piperidine rings is 1. The summed E-state index contributed by atoms with van der Waals surface area (Å²) in [7, 11) is 1.63. The highest BCUT2D eigenvalue weighted by molar-refractivity contribution is 5.98. The molecule has 0 saturated carbocycles. The second kappa shape index (κ2) is 13.7. The van der Waals surface area contributed by atoms with Crippen LogP contribution >= 0.6 is 0 Å². The van der Waals surface area contributed by atoms with Gasteiger partial charge in [0, 0.05) is 63.4 Å². The maximum atomic E-state index is 14.3. The van der Waals surface area contributed by atoms with Gasteiger partial charge in [0.1, 0.15) is 5.75 Å². The zero-order chi connectivity index (χ0) is 28.6. The summed E-state index contributed by atoms with van der Waals surface area (Å²) in [4.78, 5) is 33.4. The summed E-state index contributed by atoms with van der Waals surface area (Å²) >= 11 is 0. The zero-order valence-corrected chi connectivity index (χ0v) is 24.6. The van der Waals surface area contributed by atoms with Crippen LogP contribution in [0.3, 0.4) is 0 Å². The van der Waals surface area contributed by atoms with Gasteiger partial charge in [0.2, 0.25) is 5.91 Å². The number of benzene rings is 2. The molecule has 5 rings (SSSR count). The standard InChI is InChI=1S/C33H43N5O3/c1-26(39)38-21-10-5-3-4-7-19-36(25-28-13-12-27(22-31(28)38)24-37-20-11-16-34-37)33(40)30-23-29(14-15-32(30)41-2)35-17-8-6-9-18-35/h11-16,20,22-23H,3-10,17-19,21,24-25H2,1-2H3. The highest BCUT2D eigenvalue weighted by atomic mass is 16.5. The smallest absolute Gasteiger partial charge is 0.257 e. The molecule has 2 aromatic carbocycles. The van der Waals surface area contributed by atoms with Gasteiger partial charge in [-0.2, -0.15) is 5.10 Å². The molecule has 0 N–H and O–H groups in total. The van der Waals surface area contributed by atoms with Gasteiger partial charge in [-0.3, -0.25) is 14.3 Å². The lowest BCUT2D eigenvalue weighted by Gasteiger charge is -2.31. The molecule has 0 radical (unpaired) electrons. The number of hydrogen-bond donors (Lipinski definition) is 0. The van der Waals surface area contributed by atoms with Crippen molar-refractivity contribution in [3.05, 3.63) is 71.5 Å². The fraction of sp³-hybridized carbons (Fsp3) is 0.485. The quantitative estimate of drug-likeness (QED) is 0.391. The van der Waals surface area contributed by atoms with Crippen LogP contribution in [0.2, 0.25) is 0 Å². The first-order chi connectivity index (χ1) is 20.0. The van der Waals surface area contributed by atoms with Gasteiger partial charge in [0.15, 0.2) is 0 Å². The highest BCUT2D eigenvalue weighted by Gasteiger charge is 2.25. The number of aromatic nitrogens is 2. The summed E-state index contributed by atoms with van der Waals surface area (Å²) in [5.41, 5.74) is 4.61. The molecule has 3 aromatic rings. The summed E-state index contributed by atoms with van der Waals surface area (Å²) in [5, 5.41) is 4.36. The second-order valence-electron chi connectivity index (χ2n) is 11.3. The third kappa shape index (κ3) is 7.10. The van der Waals surface area contributed by atoms with E-state index in [0.29, 0.717) is 37.5 Å². The van der Waals surface area contributed by atoms with Gasteiger partial charge in [-0.1, -0.05) is 31.4 Å². The lowest BCUT2D eigenvalue weighted by Crippen LogP contribution is -2.35. The Morgan fingerprint density at radius 3 is 2.34 bits per heavy atom. The van der Waals surface area contributed by atoms with Crippen molar-refractivity contribution in [3.63, 3.8) is 0 Å². The van der Waals surface area contributed by atoms with E-state index in [1.165, 1.54) is 19.3 Å². The van der Waals surface area contributed by atoms with Crippen LogP contribution in [0, 0.1) is 0 Å². The number of anilines is 2. The number of fused-ring (bicyclic) bond motifs is 1. The molecule has 0 aliphatic carbocycles. The van der Waals surface area contributed by atoms with Gasteiger partial charge in [-0.05, 0) is 73.6 Å². The molecule has 0 bridgehead atoms. The number of methoxy groups -OCH3 is 1. The van der Waals surface area contributed by atoms with E-state index in [9.17, 15) is 9.59 Å². The molecule has 8 nitrogen and oxygen atoms in total. The van der Waals surface area contributed by atoms with Gasteiger partial charge in [-0.15, -0.1) is 0 Å². The third-order valence-corrected chi connectivity index (χ3v) is 8.32. The Bertz CT molecular complexity index is 1320. The van der Waals surface area contributed by atoms with Gasteiger partial charge in [0.05, 0.1) is 19.2 Å². The molecule has 218 valence electrons. The highest BCUT2D eigenvalue weighted by Crippen LogP contribution is 2.31. The summed E-state index contributed by atoms with van der Waals surface area (Å²) in [6.07, 6.45) is 12.4. The average Bonchev–Trinajstić information content (AvgIpc) is 3.50. The normalized spacial score (nSPS) is 16.9. The Labute approximate surface area is 243 Å². The Morgan fingerprint density at radius 2 is 1.61 bits per heavy atom. The first kappa shape index (κ1) is 28.7. The number of hydrogen-bond acceptors (Lipinski definition) is 5. The van der Waals surface area contributed by atoms with E-state index in [-0.39, 0.29) is 11.8 Å². The van der Waals surface area contributed by atoms with Crippen molar-refractivity contribution in [3.8, 4) is 5.75 Å². The van der Waals surface area contributed by atoms with Crippen molar-refractivity contribution in [2.75, 3.05) is 43.1 Å². The molecule has 2 aliphatic rings. The van der Waals surface area contributed by atoms with Crippen LogP contribution in [0.4, 0.5) is 11.4 Å². The molecule has 41 heavy (non-hydrogen) atoms. The molecule has 2 amide bonds. The molecule has 1 fully saturated rings. The molecule has 0 unspecified atom stereocenters. The molecule has 0 atom stereocenters. The first-order valence-corrected chi connectivity index (χ1v) is 15.1. The summed E-state index contributed by atoms with van der Waals surface area (Å²) < 4.78 is 7.57. The van der Waals surface area contributed by atoms with Crippen molar-refractivity contribution in [1.82, 2.24) is 14.7 Å². The predicted molar refractivity (Wildman–Crippen MR) is 163 cm³/mol. The molecule has 1 aromatic heterocycles. The predicted octanol–water partition coefficient (Wildman–Crippen LogP) is 5.89. The minimum Gasteiger partial charge on any atom is -0.496 e. The number of nitrogens with zero attached hydrogens (tertiary/aromatic N) is 5. The Hall–Kier alpha value is -3.81. The van der Waals surface area contributed by atoms with E-state index in [1.54, 1.807) is 20.2 Å². The van der Waals surface area contributed by atoms with Crippen molar-refractivity contribution in [1.29, 1.82) is 0 Å². The molecule has 1 saturated heterocycles. The van der Waals surface area contributed by atoms with Crippen LogP contribution in [-0.2, 0) is 17.9 Å². The maximum Gasteiger partial charge on any atom is 0.257 e. The van der Waals surface area contributed by atoms with Crippen molar-refractivity contribution in [2.45, 2.75) is 71.4 Å². The van der Waals surface area contributed by atoms with Crippen LogP contribution in [0.15, 0.2) is 54.9 Å². The lowest BCUT2D eigenvalue weighted by molar-refractivity contribution is -0.116. The van der Waals surface area contributed by atoms with E-state index in [2.05, 4.69) is 34.3 Å². The van der Waals surface area contributed by atoms with Gasteiger partial charge >= 0.3 is 0 Å². The van der Waals surface area contributed by atoms with Gasteiger partial charge < -0.3 is 19.4 Å². The Kier molecular flexibility index (Phi) is 9.59. The summed E-state index contributed by atoms with van der Waals surface area (Å²) in [6.45, 7) is 6.04. The first-order valence-electron chi connectivity index (χ1n) is 15.1. The minimum atomic E-state index is -0.0290. The van der Waals surface area contributed by atoms with E-state index in [0.717, 1.165) is 67.7 Å². The second-order valence-corrected chi connectivity index (χ2v) is 11.3. The summed E-state index contributed by atoms with van der Waals surface area (Å²) in [5.74, 6) is 0.592. The summed E-state index contributed by atoms with van der Waals surface area (Å²) in [6, 6.07) is 14.2. The zero-order valence-electron chi connectivity index (χ0n) is 24.6. The maximum absolute atomic E-state index is 14.3. The fourth-order valence-corrected chi connectivity index (χ4v) is 6.06. The minimum absolute atomic E-state index is 0.0216. The van der Waals surface area contributed by atoms with E-state index in [4.69, 9.17) is 4.74 Å². The van der Waals surface area contributed by atoms with Crippen molar-refractivity contribution in [2.24, 2.45) is 0 Å². The topological polar surface area (TPSA) is 70.9 Å². The number of carbonyl (C=O) groups is 2. The SMILES string of the molecule is COc1ccc(N2CCCCC2)cc1C(=O)N1CCCCCCCN(C(C)=O)c2cc(Cn3cccn3)ccc2C1. The number of amides is 2. The molecule has 8 heteroatoms. The number of rotatable bonds is 5.